The van der Waals surface area contributed by atoms with Crippen LogP contribution in [0.15, 0.2) is 72.4 Å². The zero-order valence-corrected chi connectivity index (χ0v) is 20.2. The fourth-order valence-electron chi connectivity index (χ4n) is 4.31. The van der Waals surface area contributed by atoms with Crippen LogP contribution in [0, 0.1) is 13.8 Å². The van der Waals surface area contributed by atoms with Crippen molar-refractivity contribution in [2.24, 2.45) is 0 Å². The number of methoxy groups -OCH3 is 1. The number of hydrogen-bond acceptors (Lipinski definition) is 5. The van der Waals surface area contributed by atoms with Crippen LogP contribution in [-0.2, 0) is 9.59 Å². The molecule has 8 heteroatoms. The van der Waals surface area contributed by atoms with E-state index in [-0.39, 0.29) is 10.7 Å². The number of ether oxygens (including phenoxy) is 1. The maximum Gasteiger partial charge on any atom is 0.270 e. The van der Waals surface area contributed by atoms with Gasteiger partial charge in [0.2, 0.25) is 0 Å². The molecule has 7 nitrogen and oxygen atoms in total. The molecule has 0 aliphatic carbocycles. The Morgan fingerprint density at radius 3 is 2.49 bits per heavy atom. The molecule has 5 rings (SSSR count). The zero-order chi connectivity index (χ0) is 24.7. The molecule has 2 aromatic heterocycles. The van der Waals surface area contributed by atoms with E-state index >= 15 is 0 Å². The third-order valence-corrected chi connectivity index (χ3v) is 6.33. The number of rotatable bonds is 4. The van der Waals surface area contributed by atoms with Gasteiger partial charge in [0.05, 0.1) is 18.3 Å². The number of thiocarbonyl (C=S) groups is 1. The normalized spacial score (nSPS) is 15.1. The van der Waals surface area contributed by atoms with Gasteiger partial charge in [-0.15, -0.1) is 0 Å². The molecule has 0 bridgehead atoms. The van der Waals surface area contributed by atoms with Crippen molar-refractivity contribution in [3.05, 3.63) is 89.4 Å². The van der Waals surface area contributed by atoms with E-state index in [1.165, 1.54) is 4.90 Å². The van der Waals surface area contributed by atoms with E-state index in [0.29, 0.717) is 11.4 Å². The summed E-state index contributed by atoms with van der Waals surface area (Å²) in [5.41, 5.74) is 5.10. The van der Waals surface area contributed by atoms with Crippen LogP contribution in [0.4, 0.5) is 5.69 Å². The SMILES string of the molecule is COc1ccc(N2C(=O)/C(=C/c3cc(C)n(-c4ccc5ncccc5c4)c3C)C(=O)NC2=S)cc1. The molecule has 2 amide bonds. The molecular formula is C27H22N4O3S. The van der Waals surface area contributed by atoms with Gasteiger partial charge in [-0.05, 0) is 92.3 Å². The first-order valence-corrected chi connectivity index (χ1v) is 11.4. The van der Waals surface area contributed by atoms with Crippen molar-refractivity contribution in [3.8, 4) is 11.4 Å². The van der Waals surface area contributed by atoms with Gasteiger partial charge in [0.25, 0.3) is 11.8 Å². The predicted molar refractivity (Wildman–Crippen MR) is 140 cm³/mol. The molecule has 1 fully saturated rings. The van der Waals surface area contributed by atoms with Crippen molar-refractivity contribution in [2.75, 3.05) is 12.0 Å². The van der Waals surface area contributed by atoms with E-state index in [0.717, 1.165) is 33.5 Å². The number of nitrogens with zero attached hydrogens (tertiary/aromatic N) is 3. The highest BCUT2D eigenvalue weighted by molar-refractivity contribution is 7.80. The Morgan fingerprint density at radius 2 is 1.74 bits per heavy atom. The van der Waals surface area contributed by atoms with E-state index in [1.807, 2.05) is 44.2 Å². The average molecular weight is 483 g/mol. The number of nitrogens with one attached hydrogen (secondary N) is 1. The molecule has 35 heavy (non-hydrogen) atoms. The highest BCUT2D eigenvalue weighted by atomic mass is 32.1. The first kappa shape index (κ1) is 22.5. The van der Waals surface area contributed by atoms with Crippen LogP contribution in [0.3, 0.4) is 0 Å². The second-order valence-electron chi connectivity index (χ2n) is 8.20. The lowest BCUT2D eigenvalue weighted by Gasteiger charge is -2.29. The Morgan fingerprint density at radius 1 is 1.00 bits per heavy atom. The van der Waals surface area contributed by atoms with Gasteiger partial charge in [-0.25, -0.2) is 0 Å². The summed E-state index contributed by atoms with van der Waals surface area (Å²) in [5, 5.41) is 3.70. The fourth-order valence-corrected chi connectivity index (χ4v) is 4.59. The lowest BCUT2D eigenvalue weighted by molar-refractivity contribution is -0.122. The predicted octanol–water partition coefficient (Wildman–Crippen LogP) is 4.48. The summed E-state index contributed by atoms with van der Waals surface area (Å²) in [7, 11) is 1.57. The van der Waals surface area contributed by atoms with Gasteiger partial charge in [0.1, 0.15) is 11.3 Å². The summed E-state index contributed by atoms with van der Waals surface area (Å²) in [6, 6.07) is 18.9. The Bertz CT molecular complexity index is 1540. The van der Waals surface area contributed by atoms with E-state index in [9.17, 15) is 9.59 Å². The maximum absolute atomic E-state index is 13.4. The summed E-state index contributed by atoms with van der Waals surface area (Å²) in [5.74, 6) is -0.349. The first-order chi connectivity index (χ1) is 16.9. The lowest BCUT2D eigenvalue weighted by Crippen LogP contribution is -2.54. The standard InChI is InChI=1S/C27H22N4O3S/c1-16-13-19(17(2)30(16)21-8-11-24-18(14-21)5-4-12-28-24)15-23-25(32)29-27(35)31(26(23)33)20-6-9-22(34-3)10-7-20/h4-15H,1-3H3,(H,29,32,35)/b23-15+. The van der Waals surface area contributed by atoms with Gasteiger partial charge >= 0.3 is 0 Å². The largest absolute Gasteiger partial charge is 0.497 e. The molecule has 0 spiro atoms. The molecule has 1 saturated heterocycles. The minimum absolute atomic E-state index is 0.0115. The molecule has 174 valence electrons. The van der Waals surface area contributed by atoms with Gasteiger partial charge in [-0.3, -0.25) is 24.8 Å². The van der Waals surface area contributed by atoms with Crippen molar-refractivity contribution < 1.29 is 14.3 Å². The lowest BCUT2D eigenvalue weighted by atomic mass is 10.1. The molecule has 0 atom stereocenters. The van der Waals surface area contributed by atoms with Crippen LogP contribution in [0.5, 0.6) is 5.75 Å². The number of fused-ring (bicyclic) bond motifs is 1. The van der Waals surface area contributed by atoms with Gasteiger partial charge < -0.3 is 9.30 Å². The molecule has 2 aromatic carbocycles. The second kappa shape index (κ2) is 8.81. The molecular weight excluding hydrogens is 460 g/mol. The van der Waals surface area contributed by atoms with E-state index < -0.39 is 11.8 Å². The first-order valence-electron chi connectivity index (χ1n) is 11.0. The number of benzene rings is 2. The number of carbonyl (C=O) groups is 2. The molecule has 0 radical (unpaired) electrons. The number of hydrogen-bond donors (Lipinski definition) is 1. The summed E-state index contributed by atoms with van der Waals surface area (Å²) >= 11 is 5.30. The molecule has 4 aromatic rings. The van der Waals surface area contributed by atoms with Crippen molar-refractivity contribution >= 4 is 51.8 Å². The van der Waals surface area contributed by atoms with Crippen LogP contribution < -0.4 is 15.0 Å². The fraction of sp³-hybridized carbons (Fsp3) is 0.111. The molecule has 0 unspecified atom stereocenters. The Kier molecular flexibility index (Phi) is 5.66. The quantitative estimate of drug-likeness (QED) is 0.264. The molecule has 1 aliphatic heterocycles. The Labute approximate surface area is 207 Å². The van der Waals surface area contributed by atoms with Gasteiger partial charge in [-0.1, -0.05) is 6.07 Å². The van der Waals surface area contributed by atoms with Gasteiger partial charge in [-0.2, -0.15) is 0 Å². The second-order valence-corrected chi connectivity index (χ2v) is 8.58. The van der Waals surface area contributed by atoms with Crippen LogP contribution in [-0.4, -0.2) is 33.6 Å². The molecule has 0 saturated carbocycles. The average Bonchev–Trinajstić information content (AvgIpc) is 3.14. The van der Waals surface area contributed by atoms with E-state index in [1.54, 1.807) is 43.6 Å². The van der Waals surface area contributed by atoms with E-state index in [4.69, 9.17) is 17.0 Å². The van der Waals surface area contributed by atoms with Gasteiger partial charge in [0, 0.05) is 28.7 Å². The summed E-state index contributed by atoms with van der Waals surface area (Å²) < 4.78 is 7.28. The smallest absolute Gasteiger partial charge is 0.270 e. The number of aryl methyl sites for hydroxylation is 1. The van der Waals surface area contributed by atoms with Crippen molar-refractivity contribution in [1.82, 2.24) is 14.9 Å². The van der Waals surface area contributed by atoms with Crippen LogP contribution in [0.25, 0.3) is 22.7 Å². The third kappa shape index (κ3) is 3.98. The summed E-state index contributed by atoms with van der Waals surface area (Å²) in [6.45, 7) is 3.95. The molecule has 1 aliphatic rings. The van der Waals surface area contributed by atoms with Crippen molar-refractivity contribution in [2.45, 2.75) is 13.8 Å². The highest BCUT2D eigenvalue weighted by Crippen LogP contribution is 2.28. The topological polar surface area (TPSA) is 76.5 Å². The third-order valence-electron chi connectivity index (χ3n) is 6.05. The van der Waals surface area contributed by atoms with Crippen LogP contribution >= 0.6 is 12.2 Å². The number of carbonyl (C=O) groups excluding carboxylic acids is 2. The number of aromatic nitrogens is 2. The van der Waals surface area contributed by atoms with Crippen molar-refractivity contribution in [3.63, 3.8) is 0 Å². The van der Waals surface area contributed by atoms with Crippen LogP contribution in [0.2, 0.25) is 0 Å². The number of amides is 2. The Hall–Kier alpha value is -4.30. The van der Waals surface area contributed by atoms with Crippen LogP contribution in [0.1, 0.15) is 17.0 Å². The minimum atomic E-state index is -0.522. The maximum atomic E-state index is 13.4. The Balaban J connectivity index is 1.54. The minimum Gasteiger partial charge on any atom is -0.497 e. The molecule has 3 heterocycles. The van der Waals surface area contributed by atoms with E-state index in [2.05, 4.69) is 20.9 Å². The zero-order valence-electron chi connectivity index (χ0n) is 19.4. The summed E-state index contributed by atoms with van der Waals surface area (Å²) in [6.07, 6.45) is 3.39. The number of anilines is 1. The van der Waals surface area contributed by atoms with Gasteiger partial charge in [0.15, 0.2) is 5.11 Å². The highest BCUT2D eigenvalue weighted by Gasteiger charge is 2.34. The number of pyridine rings is 1. The summed E-state index contributed by atoms with van der Waals surface area (Å²) in [4.78, 5) is 31.9. The van der Waals surface area contributed by atoms with Crippen molar-refractivity contribution in [1.29, 1.82) is 0 Å². The monoisotopic (exact) mass is 482 g/mol. The molecule has 1 N–H and O–H groups in total.